The van der Waals surface area contributed by atoms with E-state index in [1.165, 1.54) is 0 Å². The smallest absolute Gasteiger partial charge is 0.539 e. The molecule has 0 amide bonds. The van der Waals surface area contributed by atoms with E-state index < -0.39 is 11.9 Å². The van der Waals surface area contributed by atoms with E-state index in [2.05, 4.69) is 4.74 Å². The average molecular weight is 236 g/mol. The minimum absolute atomic E-state index is 0. The number of carbonyl (C=O) groups excluding carboxylic acids is 2. The summed E-state index contributed by atoms with van der Waals surface area (Å²) in [5, 5.41) is 9.34. The molecule has 0 unspecified atom stereocenters. The van der Waals surface area contributed by atoms with Crippen molar-refractivity contribution in [3.8, 4) is 0 Å². The Morgan fingerprint density at radius 3 is 1.88 bits per heavy atom. The van der Waals surface area contributed by atoms with Crippen LogP contribution in [0.1, 0.15) is 0 Å². The zero-order valence-electron chi connectivity index (χ0n) is 4.63. The first-order valence-electron chi connectivity index (χ1n) is 1.47. The van der Waals surface area contributed by atoms with E-state index in [4.69, 9.17) is 0 Å². The molecule has 0 heterocycles. The van der Waals surface area contributed by atoms with Gasteiger partial charge in [0, 0.05) is 0 Å². The quantitative estimate of drug-likeness (QED) is 0.312. The van der Waals surface area contributed by atoms with Gasteiger partial charge in [-0.1, -0.05) is 0 Å². The van der Waals surface area contributed by atoms with E-state index in [1.807, 2.05) is 0 Å². The summed E-state index contributed by atoms with van der Waals surface area (Å²) in [6.45, 7) is 0. The molecule has 0 fully saturated rings. The van der Waals surface area contributed by atoms with Crippen LogP contribution in [0.3, 0.4) is 0 Å². The van der Waals surface area contributed by atoms with Gasteiger partial charge in [-0.05, 0) is 0 Å². The van der Waals surface area contributed by atoms with Gasteiger partial charge in [0.05, 0.1) is 7.11 Å². The fourth-order valence-electron chi connectivity index (χ4n) is 0.0833. The molecule has 0 bridgehead atoms. The molecule has 0 saturated carbocycles. The number of carbonyl (C=O) groups is 2. The van der Waals surface area contributed by atoms with Crippen molar-refractivity contribution < 1.29 is 88.3 Å². The SMILES string of the molecule is COC(=O)C(=O)[O-].[Cs+]. The number of hydrogen-bond donors (Lipinski definition) is 0. The standard InChI is InChI=1S/C3H4O4.Cs/c1-7-3(6)2(4)5;/h1H3,(H,4,5);/q;+1/p-1. The Hall–Kier alpha value is 0.992. The Bertz CT molecular complexity index is 99.5. The van der Waals surface area contributed by atoms with E-state index >= 15 is 0 Å². The molecule has 0 atom stereocenters. The predicted octanol–water partition coefficient (Wildman–Crippen LogP) is -5.09. The second-order valence-electron chi connectivity index (χ2n) is 0.779. The topological polar surface area (TPSA) is 66.4 Å². The molecule has 0 aliphatic rings. The Labute approximate surface area is 105 Å². The van der Waals surface area contributed by atoms with Crippen molar-refractivity contribution in [3.63, 3.8) is 0 Å². The van der Waals surface area contributed by atoms with Gasteiger partial charge in [-0.15, -0.1) is 0 Å². The average Bonchev–Trinajstić information content (AvgIpc) is 1.65. The molecule has 0 aromatic carbocycles. The molecular formula is C3H3CsO4. The molecule has 0 saturated heterocycles. The minimum Gasteiger partial charge on any atom is -0.539 e. The van der Waals surface area contributed by atoms with E-state index in [-0.39, 0.29) is 68.9 Å². The van der Waals surface area contributed by atoms with Crippen LogP contribution in [-0.2, 0) is 14.3 Å². The van der Waals surface area contributed by atoms with Crippen LogP contribution in [0.4, 0.5) is 0 Å². The third kappa shape index (κ3) is 5.13. The summed E-state index contributed by atoms with van der Waals surface area (Å²) < 4.78 is 3.71. The number of rotatable bonds is 0. The fourth-order valence-corrected chi connectivity index (χ4v) is 0.0833. The number of methoxy groups -OCH3 is 1. The normalized spacial score (nSPS) is 6.62. The summed E-state index contributed by atoms with van der Waals surface area (Å²) in [5.41, 5.74) is 0. The molecular weight excluding hydrogens is 233 g/mol. The molecule has 5 heteroatoms. The van der Waals surface area contributed by atoms with Gasteiger partial charge >= 0.3 is 74.9 Å². The molecule has 0 rings (SSSR count). The molecule has 0 aliphatic carbocycles. The van der Waals surface area contributed by atoms with E-state index in [0.717, 1.165) is 7.11 Å². The van der Waals surface area contributed by atoms with Gasteiger partial charge in [0.2, 0.25) is 0 Å². The second-order valence-corrected chi connectivity index (χ2v) is 0.779. The van der Waals surface area contributed by atoms with Crippen LogP contribution in [0.5, 0.6) is 0 Å². The van der Waals surface area contributed by atoms with Gasteiger partial charge in [0.15, 0.2) is 5.97 Å². The Balaban J connectivity index is 0. The summed E-state index contributed by atoms with van der Waals surface area (Å²) in [5.74, 6) is -3.16. The predicted molar refractivity (Wildman–Crippen MR) is 17.0 cm³/mol. The molecule has 0 aliphatic heterocycles. The van der Waals surface area contributed by atoms with Crippen molar-refractivity contribution in [1.29, 1.82) is 0 Å². The second kappa shape index (κ2) is 6.12. The summed E-state index contributed by atoms with van der Waals surface area (Å²) in [4.78, 5) is 19.0. The van der Waals surface area contributed by atoms with Gasteiger partial charge in [-0.2, -0.15) is 0 Å². The number of esters is 1. The molecule has 4 nitrogen and oxygen atoms in total. The van der Waals surface area contributed by atoms with Crippen molar-refractivity contribution in [2.24, 2.45) is 0 Å². The molecule has 0 aromatic rings. The summed E-state index contributed by atoms with van der Waals surface area (Å²) in [6, 6.07) is 0. The van der Waals surface area contributed by atoms with Crippen molar-refractivity contribution in [2.75, 3.05) is 7.11 Å². The van der Waals surface area contributed by atoms with Crippen LogP contribution in [0, 0.1) is 0 Å². The van der Waals surface area contributed by atoms with Crippen molar-refractivity contribution >= 4 is 11.9 Å². The third-order valence-corrected chi connectivity index (χ3v) is 0.352. The zero-order valence-corrected chi connectivity index (χ0v) is 10.9. The number of carboxylic acids is 1. The molecule has 0 radical (unpaired) electrons. The van der Waals surface area contributed by atoms with Crippen molar-refractivity contribution in [1.82, 2.24) is 0 Å². The van der Waals surface area contributed by atoms with Crippen LogP contribution < -0.4 is 74.0 Å². The largest absolute Gasteiger partial charge is 1.00 e. The zero-order chi connectivity index (χ0) is 5.86. The fraction of sp³-hybridized carbons (Fsp3) is 0.333. The molecule has 0 spiro atoms. The summed E-state index contributed by atoms with van der Waals surface area (Å²) >= 11 is 0. The van der Waals surface area contributed by atoms with Crippen molar-refractivity contribution in [2.45, 2.75) is 0 Å². The van der Waals surface area contributed by atoms with E-state index in [0.29, 0.717) is 0 Å². The van der Waals surface area contributed by atoms with Crippen LogP contribution in [-0.4, -0.2) is 19.0 Å². The molecule has 0 aromatic heterocycles. The van der Waals surface area contributed by atoms with Gasteiger partial charge in [0.25, 0.3) is 0 Å². The third-order valence-electron chi connectivity index (χ3n) is 0.352. The number of hydrogen-bond acceptors (Lipinski definition) is 4. The number of aliphatic carboxylic acids is 1. The van der Waals surface area contributed by atoms with Crippen LogP contribution >= 0.6 is 0 Å². The number of ether oxygens (including phenoxy) is 1. The van der Waals surface area contributed by atoms with Crippen molar-refractivity contribution in [3.05, 3.63) is 0 Å². The minimum atomic E-state index is -1.82. The van der Waals surface area contributed by atoms with Gasteiger partial charge in [0.1, 0.15) is 0 Å². The maximum Gasteiger partial charge on any atom is 1.00 e. The maximum absolute atomic E-state index is 9.63. The van der Waals surface area contributed by atoms with Gasteiger partial charge < -0.3 is 14.6 Å². The van der Waals surface area contributed by atoms with E-state index in [9.17, 15) is 14.7 Å². The first-order chi connectivity index (χ1) is 3.18. The van der Waals surface area contributed by atoms with Gasteiger partial charge in [-0.25, -0.2) is 4.79 Å². The Kier molecular flexibility index (Phi) is 8.98. The van der Waals surface area contributed by atoms with Crippen LogP contribution in [0.2, 0.25) is 0 Å². The first kappa shape index (κ1) is 11.7. The molecule has 40 valence electrons. The Morgan fingerprint density at radius 2 is 1.88 bits per heavy atom. The maximum atomic E-state index is 9.63. The Morgan fingerprint density at radius 1 is 1.50 bits per heavy atom. The molecule has 0 N–H and O–H groups in total. The molecule has 8 heavy (non-hydrogen) atoms. The first-order valence-corrected chi connectivity index (χ1v) is 1.47. The van der Waals surface area contributed by atoms with Crippen LogP contribution in [0.25, 0.3) is 0 Å². The summed E-state index contributed by atoms with van der Waals surface area (Å²) in [7, 11) is 0.970. The van der Waals surface area contributed by atoms with Crippen LogP contribution in [0.15, 0.2) is 0 Å². The summed E-state index contributed by atoms with van der Waals surface area (Å²) in [6.07, 6.45) is 0. The van der Waals surface area contributed by atoms with Gasteiger partial charge in [-0.3, -0.25) is 0 Å². The van der Waals surface area contributed by atoms with E-state index in [1.54, 1.807) is 0 Å². The number of carboxylic acid groups (broad SMARTS) is 1. The monoisotopic (exact) mass is 236 g/mol.